The molecule has 0 aromatic rings. The van der Waals surface area contributed by atoms with E-state index in [1.165, 1.54) is 45.2 Å². The van der Waals surface area contributed by atoms with Gasteiger partial charge in [0.05, 0.1) is 5.60 Å². The molecule has 1 aliphatic carbocycles. The van der Waals surface area contributed by atoms with Crippen LogP contribution in [0.2, 0.25) is 0 Å². The van der Waals surface area contributed by atoms with Gasteiger partial charge in [0.2, 0.25) is 0 Å². The Labute approximate surface area is 113 Å². The maximum atomic E-state index is 10.7. The second-order valence-electron chi connectivity index (χ2n) is 6.93. The highest BCUT2D eigenvalue weighted by Gasteiger charge is 2.43. The van der Waals surface area contributed by atoms with Crippen LogP contribution < -0.4 is 0 Å². The molecule has 2 heteroatoms. The van der Waals surface area contributed by atoms with Crippen molar-refractivity contribution in [3.8, 4) is 0 Å². The normalized spacial score (nSPS) is 36.3. The van der Waals surface area contributed by atoms with Crippen LogP contribution in [0.4, 0.5) is 0 Å². The number of β-amino-alcohol motifs (C(OH)–C–C–N with tert-alkyl or cyclic N) is 1. The Hall–Kier alpha value is -0.0800. The first kappa shape index (κ1) is 14.3. The van der Waals surface area contributed by atoms with Gasteiger partial charge in [0.15, 0.2) is 0 Å². The summed E-state index contributed by atoms with van der Waals surface area (Å²) < 4.78 is 0. The number of nitrogens with zero attached hydrogens (tertiary/aromatic N) is 1. The lowest BCUT2D eigenvalue weighted by Crippen LogP contribution is -2.60. The third-order valence-electron chi connectivity index (χ3n) is 5.75. The van der Waals surface area contributed by atoms with Crippen molar-refractivity contribution in [3.63, 3.8) is 0 Å². The van der Waals surface area contributed by atoms with Gasteiger partial charge in [-0.2, -0.15) is 0 Å². The fourth-order valence-corrected chi connectivity index (χ4v) is 3.91. The fourth-order valence-electron chi connectivity index (χ4n) is 3.91. The van der Waals surface area contributed by atoms with E-state index in [0.29, 0.717) is 5.41 Å². The van der Waals surface area contributed by atoms with Crippen molar-refractivity contribution in [2.24, 2.45) is 11.3 Å². The Bertz CT molecular complexity index is 256. The monoisotopic (exact) mass is 253 g/mol. The molecule has 0 atom stereocenters. The van der Waals surface area contributed by atoms with Crippen LogP contribution in [0.25, 0.3) is 0 Å². The van der Waals surface area contributed by atoms with E-state index in [1.54, 1.807) is 0 Å². The van der Waals surface area contributed by atoms with Crippen molar-refractivity contribution in [2.75, 3.05) is 19.6 Å². The van der Waals surface area contributed by atoms with Gasteiger partial charge in [-0.1, -0.05) is 27.2 Å². The second kappa shape index (κ2) is 5.50. The molecule has 2 nitrogen and oxygen atoms in total. The van der Waals surface area contributed by atoms with E-state index in [0.717, 1.165) is 25.3 Å². The molecule has 2 aliphatic rings. The molecular weight excluding hydrogens is 222 g/mol. The summed E-state index contributed by atoms with van der Waals surface area (Å²) in [6.07, 6.45) is 8.36. The first-order valence-corrected chi connectivity index (χ1v) is 7.99. The Morgan fingerprint density at radius 3 is 2.06 bits per heavy atom. The van der Waals surface area contributed by atoms with Gasteiger partial charge in [0.25, 0.3) is 0 Å². The average molecular weight is 253 g/mol. The van der Waals surface area contributed by atoms with Gasteiger partial charge in [-0.15, -0.1) is 0 Å². The molecule has 2 fully saturated rings. The van der Waals surface area contributed by atoms with Crippen LogP contribution in [0.1, 0.15) is 65.7 Å². The zero-order valence-corrected chi connectivity index (χ0v) is 12.5. The topological polar surface area (TPSA) is 23.5 Å². The van der Waals surface area contributed by atoms with Gasteiger partial charge in [-0.05, 0) is 49.9 Å². The van der Waals surface area contributed by atoms with E-state index in [2.05, 4.69) is 25.7 Å². The third-order valence-corrected chi connectivity index (χ3v) is 5.75. The molecule has 1 aliphatic heterocycles. The van der Waals surface area contributed by atoms with Crippen LogP contribution in [-0.2, 0) is 0 Å². The molecule has 1 saturated carbocycles. The quantitative estimate of drug-likeness (QED) is 0.811. The minimum Gasteiger partial charge on any atom is -0.389 e. The predicted octanol–water partition coefficient (Wildman–Crippen LogP) is 3.44. The molecular formula is C16H31NO. The maximum Gasteiger partial charge on any atom is 0.0774 e. The van der Waals surface area contributed by atoms with Crippen LogP contribution in [-0.4, -0.2) is 35.2 Å². The van der Waals surface area contributed by atoms with Crippen molar-refractivity contribution in [3.05, 3.63) is 0 Å². The van der Waals surface area contributed by atoms with Crippen molar-refractivity contribution in [1.29, 1.82) is 0 Å². The lowest BCUT2D eigenvalue weighted by molar-refractivity contribution is -0.0898. The van der Waals surface area contributed by atoms with Crippen LogP contribution in [0.5, 0.6) is 0 Å². The SMILES string of the molecule is CCC1CCC(O)(CN2CC(CC)(CC)C2)CC1. The van der Waals surface area contributed by atoms with Crippen molar-refractivity contribution < 1.29 is 5.11 Å². The molecule has 1 saturated heterocycles. The zero-order chi connectivity index (χ0) is 13.2. The number of likely N-dealkylation sites (tertiary alicyclic amines) is 1. The Kier molecular flexibility index (Phi) is 4.38. The summed E-state index contributed by atoms with van der Waals surface area (Å²) >= 11 is 0. The zero-order valence-electron chi connectivity index (χ0n) is 12.5. The van der Waals surface area contributed by atoms with E-state index >= 15 is 0 Å². The molecule has 0 aromatic heterocycles. The smallest absolute Gasteiger partial charge is 0.0774 e. The van der Waals surface area contributed by atoms with Crippen molar-refractivity contribution >= 4 is 0 Å². The summed E-state index contributed by atoms with van der Waals surface area (Å²) in [7, 11) is 0. The number of hydrogen-bond acceptors (Lipinski definition) is 2. The minimum absolute atomic E-state index is 0.376. The first-order chi connectivity index (χ1) is 8.55. The van der Waals surface area contributed by atoms with E-state index in [9.17, 15) is 5.11 Å². The molecule has 106 valence electrons. The predicted molar refractivity (Wildman–Crippen MR) is 76.7 cm³/mol. The molecule has 2 rings (SSSR count). The van der Waals surface area contributed by atoms with Gasteiger partial charge in [-0.3, -0.25) is 4.90 Å². The van der Waals surface area contributed by atoms with E-state index in [1.807, 2.05) is 0 Å². The maximum absolute atomic E-state index is 10.7. The molecule has 0 radical (unpaired) electrons. The molecule has 0 spiro atoms. The summed E-state index contributed by atoms with van der Waals surface area (Å²) in [4.78, 5) is 2.49. The fraction of sp³-hybridized carbons (Fsp3) is 1.00. The van der Waals surface area contributed by atoms with Gasteiger partial charge < -0.3 is 5.11 Å². The molecule has 0 unspecified atom stereocenters. The molecule has 0 amide bonds. The summed E-state index contributed by atoms with van der Waals surface area (Å²) in [6.45, 7) is 10.2. The average Bonchev–Trinajstić information content (AvgIpc) is 2.34. The van der Waals surface area contributed by atoms with Gasteiger partial charge in [-0.25, -0.2) is 0 Å². The first-order valence-electron chi connectivity index (χ1n) is 7.99. The highest BCUT2D eigenvalue weighted by atomic mass is 16.3. The second-order valence-corrected chi connectivity index (χ2v) is 6.93. The minimum atomic E-state index is -0.376. The van der Waals surface area contributed by atoms with Gasteiger partial charge >= 0.3 is 0 Å². The van der Waals surface area contributed by atoms with Crippen LogP contribution >= 0.6 is 0 Å². The molecule has 1 heterocycles. The summed E-state index contributed by atoms with van der Waals surface area (Å²) in [6, 6.07) is 0. The largest absolute Gasteiger partial charge is 0.389 e. The van der Waals surface area contributed by atoms with Crippen LogP contribution in [0, 0.1) is 11.3 Å². The van der Waals surface area contributed by atoms with Crippen molar-refractivity contribution in [2.45, 2.75) is 71.3 Å². The molecule has 1 N–H and O–H groups in total. The lowest BCUT2D eigenvalue weighted by atomic mass is 9.72. The summed E-state index contributed by atoms with van der Waals surface area (Å²) in [5.74, 6) is 0.868. The van der Waals surface area contributed by atoms with Crippen LogP contribution in [0.15, 0.2) is 0 Å². The highest BCUT2D eigenvalue weighted by molar-refractivity contribution is 4.97. The lowest BCUT2D eigenvalue weighted by Gasteiger charge is -2.53. The standard InChI is InChI=1S/C16H31NO/c1-4-14-7-9-16(18,10-8-14)13-17-11-15(5-2,6-3)12-17/h14,18H,4-13H2,1-3H3. The third kappa shape index (κ3) is 2.91. The van der Waals surface area contributed by atoms with Crippen LogP contribution in [0.3, 0.4) is 0 Å². The Balaban J connectivity index is 1.78. The van der Waals surface area contributed by atoms with E-state index < -0.39 is 0 Å². The van der Waals surface area contributed by atoms with E-state index in [4.69, 9.17) is 0 Å². The highest BCUT2D eigenvalue weighted by Crippen LogP contribution is 2.40. The Morgan fingerprint density at radius 2 is 1.61 bits per heavy atom. The van der Waals surface area contributed by atoms with E-state index in [-0.39, 0.29) is 5.60 Å². The molecule has 0 bridgehead atoms. The van der Waals surface area contributed by atoms with Gasteiger partial charge in [0.1, 0.15) is 0 Å². The molecule has 0 aromatic carbocycles. The van der Waals surface area contributed by atoms with Crippen molar-refractivity contribution in [1.82, 2.24) is 4.90 Å². The molecule has 18 heavy (non-hydrogen) atoms. The Morgan fingerprint density at radius 1 is 1.06 bits per heavy atom. The van der Waals surface area contributed by atoms with Gasteiger partial charge in [0, 0.05) is 19.6 Å². The summed E-state index contributed by atoms with van der Waals surface area (Å²) in [5.41, 5.74) is 0.191. The summed E-state index contributed by atoms with van der Waals surface area (Å²) in [5, 5.41) is 10.7. The number of hydrogen-bond donors (Lipinski definition) is 1. The number of aliphatic hydroxyl groups is 1. The number of rotatable bonds is 5.